The van der Waals surface area contributed by atoms with Gasteiger partial charge in [-0.1, -0.05) is 0 Å². The van der Waals surface area contributed by atoms with Crippen molar-refractivity contribution in [1.29, 1.82) is 0 Å². The second kappa shape index (κ2) is 5.54. The molecule has 1 N–H and O–H groups in total. The summed E-state index contributed by atoms with van der Waals surface area (Å²) in [6, 6.07) is 5.88. The molecule has 0 unspecified atom stereocenters. The van der Waals surface area contributed by atoms with Gasteiger partial charge in [-0.25, -0.2) is 0 Å². The van der Waals surface area contributed by atoms with Gasteiger partial charge < -0.3 is 19.0 Å². The van der Waals surface area contributed by atoms with E-state index in [0.717, 1.165) is 23.3 Å². The fraction of sp³-hybridized carbons (Fsp3) is 0.462. The summed E-state index contributed by atoms with van der Waals surface area (Å²) in [6.07, 6.45) is 0.235. The van der Waals surface area contributed by atoms with Gasteiger partial charge in [0.2, 0.25) is 0 Å². The Hall–Kier alpha value is -1.33. The van der Waals surface area contributed by atoms with Crippen LogP contribution in [0.5, 0.6) is 5.75 Å². The van der Waals surface area contributed by atoms with Gasteiger partial charge in [0.05, 0.1) is 30.9 Å². The molecule has 2 rings (SSSR count). The number of ether oxygens (including phenoxy) is 2. The smallest absolute Gasteiger partial charge is 0.178 e. The van der Waals surface area contributed by atoms with E-state index in [1.54, 1.807) is 7.11 Å². The number of aromatic nitrogens is 2. The lowest BCUT2D eigenvalue weighted by Gasteiger charge is -2.09. The minimum absolute atomic E-state index is 0.235. The van der Waals surface area contributed by atoms with E-state index in [4.69, 9.17) is 21.7 Å². The first-order valence-corrected chi connectivity index (χ1v) is 6.41. The standard InChI is InChI=1S/C13H18N2O2S/c1-9(2)17-7-6-15-12-8-10(16-3)4-5-11(12)14-13(15)18/h4-5,8-9H,6-7H2,1-3H3,(H,14,18). The largest absolute Gasteiger partial charge is 0.497 e. The first kappa shape index (κ1) is 13.1. The lowest BCUT2D eigenvalue weighted by Crippen LogP contribution is -2.10. The molecule has 0 amide bonds. The summed E-state index contributed by atoms with van der Waals surface area (Å²) in [5, 5.41) is 0. The monoisotopic (exact) mass is 266 g/mol. The number of nitrogens with zero attached hydrogens (tertiary/aromatic N) is 1. The summed E-state index contributed by atoms with van der Waals surface area (Å²) in [7, 11) is 1.66. The fourth-order valence-electron chi connectivity index (χ4n) is 1.86. The van der Waals surface area contributed by atoms with E-state index in [1.807, 2.05) is 36.6 Å². The molecule has 0 aliphatic carbocycles. The zero-order chi connectivity index (χ0) is 13.1. The highest BCUT2D eigenvalue weighted by Gasteiger charge is 2.06. The Balaban J connectivity index is 2.30. The third-order valence-electron chi connectivity index (χ3n) is 2.75. The number of aromatic amines is 1. The minimum Gasteiger partial charge on any atom is -0.497 e. The van der Waals surface area contributed by atoms with E-state index in [2.05, 4.69) is 4.98 Å². The van der Waals surface area contributed by atoms with Crippen LogP contribution in [0.1, 0.15) is 13.8 Å². The van der Waals surface area contributed by atoms with Crippen molar-refractivity contribution >= 4 is 23.3 Å². The van der Waals surface area contributed by atoms with Crippen molar-refractivity contribution in [2.75, 3.05) is 13.7 Å². The molecule has 98 valence electrons. The number of nitrogens with one attached hydrogen (secondary N) is 1. The van der Waals surface area contributed by atoms with Gasteiger partial charge >= 0.3 is 0 Å². The number of methoxy groups -OCH3 is 1. The Bertz CT molecular complexity index is 586. The Morgan fingerprint density at radius 3 is 2.83 bits per heavy atom. The van der Waals surface area contributed by atoms with Crippen molar-refractivity contribution in [2.24, 2.45) is 0 Å². The second-order valence-electron chi connectivity index (χ2n) is 4.38. The molecule has 1 aromatic heterocycles. The van der Waals surface area contributed by atoms with E-state index < -0.39 is 0 Å². The first-order chi connectivity index (χ1) is 8.61. The SMILES string of the molecule is COc1ccc2[nH]c(=S)n(CCOC(C)C)c2c1. The molecule has 0 aliphatic heterocycles. The Labute approximate surface area is 112 Å². The number of hydrogen-bond donors (Lipinski definition) is 1. The van der Waals surface area contributed by atoms with Crippen LogP contribution in [0.3, 0.4) is 0 Å². The zero-order valence-corrected chi connectivity index (χ0v) is 11.7. The van der Waals surface area contributed by atoms with Crippen LogP contribution in [-0.2, 0) is 11.3 Å². The lowest BCUT2D eigenvalue weighted by molar-refractivity contribution is 0.0731. The topological polar surface area (TPSA) is 39.2 Å². The maximum absolute atomic E-state index is 5.56. The summed E-state index contributed by atoms with van der Waals surface area (Å²) in [4.78, 5) is 3.18. The molecule has 4 nitrogen and oxygen atoms in total. The number of benzene rings is 1. The van der Waals surface area contributed by atoms with Gasteiger partial charge in [-0.05, 0) is 38.2 Å². The van der Waals surface area contributed by atoms with E-state index in [9.17, 15) is 0 Å². The van der Waals surface area contributed by atoms with Gasteiger partial charge in [-0.15, -0.1) is 0 Å². The highest BCUT2D eigenvalue weighted by molar-refractivity contribution is 7.71. The third kappa shape index (κ3) is 2.73. The third-order valence-corrected chi connectivity index (χ3v) is 3.07. The molecule has 0 spiro atoms. The summed E-state index contributed by atoms with van der Waals surface area (Å²) >= 11 is 5.32. The summed E-state index contributed by atoms with van der Waals surface area (Å²) in [6.45, 7) is 5.44. The molecule has 0 aliphatic rings. The number of H-pyrrole nitrogens is 1. The van der Waals surface area contributed by atoms with Crippen LogP contribution in [0, 0.1) is 4.77 Å². The number of fused-ring (bicyclic) bond motifs is 1. The quantitative estimate of drug-likeness (QED) is 0.845. The maximum Gasteiger partial charge on any atom is 0.178 e. The molecule has 0 saturated heterocycles. The van der Waals surface area contributed by atoms with E-state index >= 15 is 0 Å². The van der Waals surface area contributed by atoms with Gasteiger partial charge in [0, 0.05) is 12.6 Å². The average Bonchev–Trinajstić information content (AvgIpc) is 2.64. The van der Waals surface area contributed by atoms with E-state index in [1.165, 1.54) is 0 Å². The van der Waals surface area contributed by atoms with Crippen molar-refractivity contribution in [2.45, 2.75) is 26.5 Å². The van der Waals surface area contributed by atoms with Crippen molar-refractivity contribution in [3.8, 4) is 5.75 Å². The molecule has 0 radical (unpaired) electrons. The van der Waals surface area contributed by atoms with Gasteiger partial charge in [0.25, 0.3) is 0 Å². The van der Waals surface area contributed by atoms with Gasteiger partial charge in [-0.3, -0.25) is 0 Å². The van der Waals surface area contributed by atoms with Crippen LogP contribution in [0.15, 0.2) is 18.2 Å². The average molecular weight is 266 g/mol. The number of rotatable bonds is 5. The van der Waals surface area contributed by atoms with Crippen LogP contribution in [0.4, 0.5) is 0 Å². The second-order valence-corrected chi connectivity index (χ2v) is 4.77. The van der Waals surface area contributed by atoms with Gasteiger partial charge in [-0.2, -0.15) is 0 Å². The molecule has 18 heavy (non-hydrogen) atoms. The molecule has 0 saturated carbocycles. The molecule has 0 fully saturated rings. The number of imidazole rings is 1. The van der Waals surface area contributed by atoms with Crippen LogP contribution in [0.25, 0.3) is 11.0 Å². The normalized spacial score (nSPS) is 11.3. The summed E-state index contributed by atoms with van der Waals surface area (Å²) in [5.41, 5.74) is 2.07. The van der Waals surface area contributed by atoms with Crippen LogP contribution >= 0.6 is 12.2 Å². The molecule has 0 bridgehead atoms. The predicted octanol–water partition coefficient (Wildman–Crippen LogP) is 3.13. The Morgan fingerprint density at radius 2 is 2.17 bits per heavy atom. The Morgan fingerprint density at radius 1 is 1.39 bits per heavy atom. The molecule has 5 heteroatoms. The highest BCUT2D eigenvalue weighted by atomic mass is 32.1. The zero-order valence-electron chi connectivity index (χ0n) is 10.9. The highest BCUT2D eigenvalue weighted by Crippen LogP contribution is 2.20. The molecule has 2 aromatic rings. The number of hydrogen-bond acceptors (Lipinski definition) is 3. The van der Waals surface area contributed by atoms with Crippen LogP contribution in [-0.4, -0.2) is 29.4 Å². The fourth-order valence-corrected chi connectivity index (χ4v) is 2.16. The molecular weight excluding hydrogens is 248 g/mol. The summed E-state index contributed by atoms with van der Waals surface area (Å²) in [5.74, 6) is 0.829. The predicted molar refractivity (Wildman–Crippen MR) is 74.8 cm³/mol. The van der Waals surface area contributed by atoms with E-state index in [-0.39, 0.29) is 6.10 Å². The van der Waals surface area contributed by atoms with Gasteiger partial charge in [0.15, 0.2) is 4.77 Å². The first-order valence-electron chi connectivity index (χ1n) is 6.00. The van der Waals surface area contributed by atoms with E-state index in [0.29, 0.717) is 11.4 Å². The van der Waals surface area contributed by atoms with Crippen molar-refractivity contribution < 1.29 is 9.47 Å². The van der Waals surface area contributed by atoms with Crippen LogP contribution in [0.2, 0.25) is 0 Å². The maximum atomic E-state index is 5.56. The molecule has 0 atom stereocenters. The minimum atomic E-state index is 0.235. The van der Waals surface area contributed by atoms with Crippen LogP contribution < -0.4 is 4.74 Å². The van der Waals surface area contributed by atoms with Crippen molar-refractivity contribution in [3.05, 3.63) is 23.0 Å². The van der Waals surface area contributed by atoms with Crippen molar-refractivity contribution in [3.63, 3.8) is 0 Å². The molecule has 1 aromatic carbocycles. The van der Waals surface area contributed by atoms with Crippen molar-refractivity contribution in [1.82, 2.24) is 9.55 Å². The molecule has 1 heterocycles. The lowest BCUT2D eigenvalue weighted by atomic mass is 10.3. The van der Waals surface area contributed by atoms with Gasteiger partial charge in [0.1, 0.15) is 5.75 Å². The summed E-state index contributed by atoms with van der Waals surface area (Å²) < 4.78 is 13.6. The Kier molecular flexibility index (Phi) is 4.04. The molecular formula is C13H18N2O2S.